The lowest BCUT2D eigenvalue weighted by Gasteiger charge is -2.36. The second-order valence-electron chi connectivity index (χ2n) is 8.04. The fraction of sp³-hybridized carbons (Fsp3) is 0.409. The van der Waals surface area contributed by atoms with Gasteiger partial charge in [-0.05, 0) is 49.4 Å². The number of aliphatic hydroxyl groups excluding tert-OH is 1. The topological polar surface area (TPSA) is 65.3 Å². The predicted octanol–water partition coefficient (Wildman–Crippen LogP) is 3.63. The zero-order valence-electron chi connectivity index (χ0n) is 15.3. The van der Waals surface area contributed by atoms with Crippen molar-refractivity contribution in [2.45, 2.75) is 44.3 Å². The summed E-state index contributed by atoms with van der Waals surface area (Å²) in [6.07, 6.45) is 6.12. The molecule has 27 heavy (non-hydrogen) atoms. The third kappa shape index (κ3) is 2.91. The minimum absolute atomic E-state index is 0.0386. The molecule has 2 fully saturated rings. The van der Waals surface area contributed by atoms with Gasteiger partial charge in [-0.2, -0.15) is 5.10 Å². The largest absolute Gasteiger partial charge is 0.458 e. The third-order valence-electron chi connectivity index (χ3n) is 6.47. The van der Waals surface area contributed by atoms with Gasteiger partial charge in [0.25, 0.3) is 0 Å². The molecule has 5 rings (SSSR count). The van der Waals surface area contributed by atoms with Crippen LogP contribution in [0.15, 0.2) is 59.1 Å². The molecule has 5 nitrogen and oxygen atoms in total. The molecule has 2 aliphatic heterocycles. The number of fused-ring (bicyclic) bond motifs is 2. The van der Waals surface area contributed by atoms with Crippen molar-refractivity contribution in [3.05, 3.63) is 66.1 Å². The molecule has 0 spiro atoms. The number of nitrogens with zero attached hydrogens (tertiary/aromatic N) is 2. The standard InChI is InChI=1S/C22H25N3O2/c26-15-22(12-16-4-2-1-3-5-16)13-17-6-9-21(22)25(17)14-18-7-8-20(27-18)19-10-11-23-24-19/h1-5,7-8,10-11,17,21,26H,6,9,12-15H2,(H,23,24)/t17-,21+,22-/m0/s1. The molecule has 0 amide bonds. The van der Waals surface area contributed by atoms with E-state index < -0.39 is 0 Å². The van der Waals surface area contributed by atoms with E-state index >= 15 is 0 Å². The van der Waals surface area contributed by atoms with Crippen LogP contribution in [0.5, 0.6) is 0 Å². The van der Waals surface area contributed by atoms with Crippen molar-refractivity contribution in [3.8, 4) is 11.5 Å². The number of furan rings is 1. The highest BCUT2D eigenvalue weighted by molar-refractivity contribution is 5.51. The molecule has 5 heteroatoms. The quantitative estimate of drug-likeness (QED) is 0.702. The molecule has 1 aromatic carbocycles. The van der Waals surface area contributed by atoms with Gasteiger partial charge in [0.05, 0.1) is 13.2 Å². The summed E-state index contributed by atoms with van der Waals surface area (Å²) in [7, 11) is 0. The molecule has 2 aliphatic rings. The molecule has 2 saturated heterocycles. The van der Waals surface area contributed by atoms with Crippen molar-refractivity contribution in [1.29, 1.82) is 0 Å². The summed E-state index contributed by atoms with van der Waals surface area (Å²) in [5.74, 6) is 1.80. The lowest BCUT2D eigenvalue weighted by molar-refractivity contribution is 0.0734. The number of benzene rings is 1. The molecule has 0 radical (unpaired) electrons. The van der Waals surface area contributed by atoms with Crippen LogP contribution in [-0.2, 0) is 13.0 Å². The molecule has 3 aromatic rings. The van der Waals surface area contributed by atoms with Crippen LogP contribution < -0.4 is 0 Å². The minimum atomic E-state index is -0.0386. The molecule has 0 saturated carbocycles. The molecule has 3 atom stereocenters. The fourth-order valence-electron chi connectivity index (χ4n) is 5.26. The molecule has 0 aliphatic carbocycles. The summed E-state index contributed by atoms with van der Waals surface area (Å²) < 4.78 is 6.06. The molecule has 140 valence electrons. The Kier molecular flexibility index (Phi) is 4.14. The molecular formula is C22H25N3O2. The molecule has 2 aromatic heterocycles. The number of aliphatic hydroxyl groups is 1. The number of aromatic nitrogens is 2. The first-order valence-electron chi connectivity index (χ1n) is 9.76. The smallest absolute Gasteiger partial charge is 0.152 e. The summed E-state index contributed by atoms with van der Waals surface area (Å²) in [5, 5.41) is 17.3. The number of rotatable bonds is 6. The van der Waals surface area contributed by atoms with Crippen molar-refractivity contribution in [3.63, 3.8) is 0 Å². The van der Waals surface area contributed by atoms with Crippen LogP contribution in [0.4, 0.5) is 0 Å². The molecular weight excluding hydrogens is 338 g/mol. The Bertz CT molecular complexity index is 889. The average molecular weight is 363 g/mol. The van der Waals surface area contributed by atoms with Gasteiger partial charge < -0.3 is 9.52 Å². The van der Waals surface area contributed by atoms with E-state index in [-0.39, 0.29) is 12.0 Å². The van der Waals surface area contributed by atoms with Gasteiger partial charge in [0.2, 0.25) is 0 Å². The van der Waals surface area contributed by atoms with Crippen LogP contribution in [0.3, 0.4) is 0 Å². The van der Waals surface area contributed by atoms with Crippen LogP contribution in [0, 0.1) is 5.41 Å². The summed E-state index contributed by atoms with van der Waals surface area (Å²) in [6.45, 7) is 1.05. The van der Waals surface area contributed by atoms with Crippen LogP contribution in [0.2, 0.25) is 0 Å². The van der Waals surface area contributed by atoms with Gasteiger partial charge in [-0.3, -0.25) is 10.00 Å². The van der Waals surface area contributed by atoms with E-state index in [1.807, 2.05) is 12.1 Å². The van der Waals surface area contributed by atoms with Crippen LogP contribution in [0.25, 0.3) is 11.5 Å². The Labute approximate surface area is 159 Å². The van der Waals surface area contributed by atoms with Crippen LogP contribution in [-0.4, -0.2) is 38.9 Å². The molecule has 2 bridgehead atoms. The average Bonchev–Trinajstić information content (AvgIpc) is 3.47. The first kappa shape index (κ1) is 16.8. The second-order valence-corrected chi connectivity index (χ2v) is 8.04. The van der Waals surface area contributed by atoms with Crippen molar-refractivity contribution in [2.75, 3.05) is 6.61 Å². The number of H-pyrrole nitrogens is 1. The zero-order valence-corrected chi connectivity index (χ0v) is 15.3. The highest BCUT2D eigenvalue weighted by atomic mass is 16.3. The second kappa shape index (κ2) is 6.66. The molecule has 4 heterocycles. The van der Waals surface area contributed by atoms with Crippen molar-refractivity contribution in [1.82, 2.24) is 15.1 Å². The number of aromatic amines is 1. The first-order chi connectivity index (χ1) is 13.3. The first-order valence-corrected chi connectivity index (χ1v) is 9.76. The summed E-state index contributed by atoms with van der Waals surface area (Å²) >= 11 is 0. The van der Waals surface area contributed by atoms with Gasteiger partial charge in [0.15, 0.2) is 5.76 Å². The van der Waals surface area contributed by atoms with E-state index in [4.69, 9.17) is 4.42 Å². The van der Waals surface area contributed by atoms with Crippen molar-refractivity contribution < 1.29 is 9.52 Å². The molecule has 2 N–H and O–H groups in total. The predicted molar refractivity (Wildman–Crippen MR) is 103 cm³/mol. The van der Waals surface area contributed by atoms with E-state index in [1.165, 1.54) is 12.0 Å². The lowest BCUT2D eigenvalue weighted by atomic mass is 9.70. The van der Waals surface area contributed by atoms with E-state index in [0.29, 0.717) is 12.1 Å². The van der Waals surface area contributed by atoms with Gasteiger partial charge in [0, 0.05) is 23.7 Å². The van der Waals surface area contributed by atoms with Crippen LogP contribution >= 0.6 is 0 Å². The van der Waals surface area contributed by atoms with Gasteiger partial charge >= 0.3 is 0 Å². The maximum Gasteiger partial charge on any atom is 0.152 e. The number of nitrogens with one attached hydrogen (secondary N) is 1. The fourth-order valence-corrected chi connectivity index (χ4v) is 5.26. The van der Waals surface area contributed by atoms with E-state index in [1.54, 1.807) is 6.20 Å². The van der Waals surface area contributed by atoms with E-state index in [9.17, 15) is 5.11 Å². The van der Waals surface area contributed by atoms with Crippen molar-refractivity contribution >= 4 is 0 Å². The SMILES string of the molecule is OC[C@]1(Cc2ccccc2)C[C@@H]2CC[C@H]1N2Cc1ccc(-c2ccn[nH]2)o1. The number of hydrogen-bond acceptors (Lipinski definition) is 4. The minimum Gasteiger partial charge on any atom is -0.458 e. The van der Waals surface area contributed by atoms with E-state index in [0.717, 1.165) is 43.0 Å². The van der Waals surface area contributed by atoms with Crippen molar-refractivity contribution in [2.24, 2.45) is 5.41 Å². The Morgan fingerprint density at radius 3 is 2.81 bits per heavy atom. The Morgan fingerprint density at radius 2 is 2.04 bits per heavy atom. The summed E-state index contributed by atoms with van der Waals surface area (Å²) in [5.41, 5.74) is 2.18. The highest BCUT2D eigenvalue weighted by Crippen LogP contribution is 2.51. The van der Waals surface area contributed by atoms with Gasteiger partial charge in [-0.25, -0.2) is 0 Å². The normalized spacial score (nSPS) is 27.4. The molecule has 0 unspecified atom stereocenters. The van der Waals surface area contributed by atoms with E-state index in [2.05, 4.69) is 51.5 Å². The van der Waals surface area contributed by atoms with Gasteiger partial charge in [0.1, 0.15) is 11.5 Å². The Morgan fingerprint density at radius 1 is 1.15 bits per heavy atom. The van der Waals surface area contributed by atoms with Gasteiger partial charge in [-0.15, -0.1) is 0 Å². The number of hydrogen-bond donors (Lipinski definition) is 2. The lowest BCUT2D eigenvalue weighted by Crippen LogP contribution is -2.41. The van der Waals surface area contributed by atoms with Gasteiger partial charge in [-0.1, -0.05) is 30.3 Å². The maximum absolute atomic E-state index is 10.4. The monoisotopic (exact) mass is 363 g/mol. The Hall–Kier alpha value is -2.37. The zero-order chi connectivity index (χ0) is 18.3. The highest BCUT2D eigenvalue weighted by Gasteiger charge is 2.55. The summed E-state index contributed by atoms with van der Waals surface area (Å²) in [4.78, 5) is 2.56. The third-order valence-corrected chi connectivity index (χ3v) is 6.47. The Balaban J connectivity index is 1.35. The summed E-state index contributed by atoms with van der Waals surface area (Å²) in [6, 6.07) is 17.5. The van der Waals surface area contributed by atoms with Crippen LogP contribution in [0.1, 0.15) is 30.6 Å². The maximum atomic E-state index is 10.4.